The van der Waals surface area contributed by atoms with Crippen LogP contribution in [0.4, 0.5) is 5.82 Å². The summed E-state index contributed by atoms with van der Waals surface area (Å²) >= 11 is 0. The van der Waals surface area contributed by atoms with Crippen molar-refractivity contribution in [3.05, 3.63) is 78.0 Å². The first-order chi connectivity index (χ1) is 14.9. The highest BCUT2D eigenvalue weighted by atomic mass is 32.2. The summed E-state index contributed by atoms with van der Waals surface area (Å²) in [5.41, 5.74) is 2.35. The molecule has 1 fully saturated rings. The maximum atomic E-state index is 12.7. The molecule has 1 aliphatic rings. The van der Waals surface area contributed by atoms with Crippen molar-refractivity contribution in [3.8, 4) is 0 Å². The third kappa shape index (κ3) is 5.03. The van der Waals surface area contributed by atoms with Crippen LogP contribution < -0.4 is 5.32 Å². The molecule has 0 unspecified atom stereocenters. The molecule has 1 N–H and O–H groups in total. The fourth-order valence-corrected chi connectivity index (χ4v) is 5.22. The average molecular weight is 439 g/mol. The van der Waals surface area contributed by atoms with E-state index in [0.29, 0.717) is 38.3 Å². The first-order valence-electron chi connectivity index (χ1n) is 10.4. The molecule has 0 atom stereocenters. The molecule has 8 heteroatoms. The molecule has 7 nitrogen and oxygen atoms in total. The van der Waals surface area contributed by atoms with Gasteiger partial charge in [0.1, 0.15) is 0 Å². The Morgan fingerprint density at radius 2 is 1.71 bits per heavy atom. The Balaban J connectivity index is 1.31. The molecule has 1 saturated heterocycles. The third-order valence-electron chi connectivity index (χ3n) is 5.56. The second-order valence-corrected chi connectivity index (χ2v) is 9.80. The van der Waals surface area contributed by atoms with E-state index in [4.69, 9.17) is 0 Å². The lowest BCUT2D eigenvalue weighted by atomic mass is 9.97. The Morgan fingerprint density at radius 1 is 1.03 bits per heavy atom. The standard InChI is InChI=1S/C23H26N4O3S/c1-18-7-9-19(10-8-18)17-26-14-13-22(25-26)24-23(28)20-11-15-27(16-12-20)31(29,30)21-5-3-2-4-6-21/h2-10,13-14,20H,11-12,15-17H2,1H3,(H,24,25,28). The van der Waals surface area contributed by atoms with E-state index in [1.807, 2.05) is 13.1 Å². The minimum Gasteiger partial charge on any atom is -0.309 e. The lowest BCUT2D eigenvalue weighted by Crippen LogP contribution is -2.41. The van der Waals surface area contributed by atoms with Crippen molar-refractivity contribution in [1.82, 2.24) is 14.1 Å². The highest BCUT2D eigenvalue weighted by Gasteiger charge is 2.32. The van der Waals surface area contributed by atoms with Crippen LogP contribution in [0.15, 0.2) is 71.8 Å². The van der Waals surface area contributed by atoms with Gasteiger partial charge in [-0.15, -0.1) is 0 Å². The molecule has 1 aromatic heterocycles. The summed E-state index contributed by atoms with van der Waals surface area (Å²) in [5, 5.41) is 7.31. The first kappa shape index (κ1) is 21.3. The van der Waals surface area contributed by atoms with Crippen molar-refractivity contribution in [2.75, 3.05) is 18.4 Å². The van der Waals surface area contributed by atoms with Crippen LogP contribution in [0.25, 0.3) is 0 Å². The van der Waals surface area contributed by atoms with E-state index >= 15 is 0 Å². The van der Waals surface area contributed by atoms with E-state index in [9.17, 15) is 13.2 Å². The maximum absolute atomic E-state index is 12.7. The second kappa shape index (κ2) is 9.03. The van der Waals surface area contributed by atoms with Crippen molar-refractivity contribution in [2.24, 2.45) is 5.92 Å². The largest absolute Gasteiger partial charge is 0.309 e. The van der Waals surface area contributed by atoms with Crippen LogP contribution in [-0.2, 0) is 21.4 Å². The molecule has 162 valence electrons. The summed E-state index contributed by atoms with van der Waals surface area (Å²) in [6.45, 7) is 3.34. The van der Waals surface area contributed by atoms with Crippen molar-refractivity contribution in [1.29, 1.82) is 0 Å². The van der Waals surface area contributed by atoms with Gasteiger partial charge in [0.05, 0.1) is 11.4 Å². The van der Waals surface area contributed by atoms with Gasteiger partial charge in [0.15, 0.2) is 5.82 Å². The van der Waals surface area contributed by atoms with Gasteiger partial charge in [-0.1, -0.05) is 48.0 Å². The molecule has 1 amide bonds. The number of amides is 1. The minimum atomic E-state index is -3.51. The Labute approximate surface area is 182 Å². The highest BCUT2D eigenvalue weighted by molar-refractivity contribution is 7.89. The van der Waals surface area contributed by atoms with Crippen molar-refractivity contribution >= 4 is 21.7 Å². The minimum absolute atomic E-state index is 0.114. The number of sulfonamides is 1. The van der Waals surface area contributed by atoms with E-state index in [1.165, 1.54) is 9.87 Å². The number of piperidine rings is 1. The number of carbonyl (C=O) groups is 1. The first-order valence-corrected chi connectivity index (χ1v) is 11.8. The number of hydrogen-bond acceptors (Lipinski definition) is 4. The number of aromatic nitrogens is 2. The molecule has 1 aliphatic heterocycles. The molecule has 4 rings (SSSR count). The molecule has 2 heterocycles. The average Bonchev–Trinajstić information content (AvgIpc) is 3.22. The number of nitrogens with zero attached hydrogens (tertiary/aromatic N) is 3. The monoisotopic (exact) mass is 438 g/mol. The predicted octanol–water partition coefficient (Wildman–Crippen LogP) is 3.28. The van der Waals surface area contributed by atoms with Crippen LogP contribution in [0.5, 0.6) is 0 Å². The van der Waals surface area contributed by atoms with Crippen molar-refractivity contribution in [2.45, 2.75) is 31.2 Å². The molecule has 0 spiro atoms. The second-order valence-electron chi connectivity index (χ2n) is 7.86. The summed E-state index contributed by atoms with van der Waals surface area (Å²) in [4.78, 5) is 13.0. The molecule has 0 bridgehead atoms. The summed E-state index contributed by atoms with van der Waals surface area (Å²) in [5.74, 6) is 0.165. The van der Waals surface area contributed by atoms with Crippen LogP contribution in [0.1, 0.15) is 24.0 Å². The van der Waals surface area contributed by atoms with Gasteiger partial charge in [-0.05, 0) is 37.5 Å². The smallest absolute Gasteiger partial charge is 0.243 e. The van der Waals surface area contributed by atoms with Crippen LogP contribution >= 0.6 is 0 Å². The van der Waals surface area contributed by atoms with Gasteiger partial charge in [0.25, 0.3) is 0 Å². The molecular formula is C23H26N4O3S. The molecule has 0 aliphatic carbocycles. The highest BCUT2D eigenvalue weighted by Crippen LogP contribution is 2.24. The summed E-state index contributed by atoms with van der Waals surface area (Å²) in [7, 11) is -3.51. The van der Waals surface area contributed by atoms with Gasteiger partial charge in [0, 0.05) is 31.3 Å². The number of anilines is 1. The number of hydrogen-bond donors (Lipinski definition) is 1. The van der Waals surface area contributed by atoms with Gasteiger partial charge in [-0.25, -0.2) is 8.42 Å². The maximum Gasteiger partial charge on any atom is 0.243 e. The fourth-order valence-electron chi connectivity index (χ4n) is 3.73. The lowest BCUT2D eigenvalue weighted by Gasteiger charge is -2.30. The predicted molar refractivity (Wildman–Crippen MR) is 119 cm³/mol. The van der Waals surface area contributed by atoms with Gasteiger partial charge in [0.2, 0.25) is 15.9 Å². The zero-order valence-electron chi connectivity index (χ0n) is 17.4. The zero-order valence-corrected chi connectivity index (χ0v) is 18.3. The van der Waals surface area contributed by atoms with Gasteiger partial charge < -0.3 is 5.32 Å². The van der Waals surface area contributed by atoms with Gasteiger partial charge in [-0.3, -0.25) is 9.48 Å². The van der Waals surface area contributed by atoms with E-state index < -0.39 is 10.0 Å². The van der Waals surface area contributed by atoms with E-state index in [0.717, 1.165) is 5.56 Å². The quantitative estimate of drug-likeness (QED) is 0.640. The van der Waals surface area contributed by atoms with Crippen LogP contribution in [0.2, 0.25) is 0 Å². The molecule has 2 aromatic carbocycles. The van der Waals surface area contributed by atoms with E-state index in [1.54, 1.807) is 41.1 Å². The Morgan fingerprint density at radius 3 is 2.39 bits per heavy atom. The Hall–Kier alpha value is -2.97. The van der Waals surface area contributed by atoms with Crippen molar-refractivity contribution in [3.63, 3.8) is 0 Å². The summed E-state index contributed by atoms with van der Waals surface area (Å²) in [6, 6.07) is 18.4. The molecule has 0 radical (unpaired) electrons. The number of rotatable bonds is 6. The summed E-state index contributed by atoms with van der Waals surface area (Å²) < 4.78 is 28.7. The Bertz CT molecular complexity index is 1130. The molecular weight excluding hydrogens is 412 g/mol. The number of benzene rings is 2. The van der Waals surface area contributed by atoms with E-state index in [2.05, 4.69) is 34.7 Å². The molecule has 3 aromatic rings. The fraction of sp³-hybridized carbons (Fsp3) is 0.304. The van der Waals surface area contributed by atoms with E-state index in [-0.39, 0.29) is 16.7 Å². The molecule has 31 heavy (non-hydrogen) atoms. The van der Waals surface area contributed by atoms with Gasteiger partial charge >= 0.3 is 0 Å². The summed E-state index contributed by atoms with van der Waals surface area (Å²) in [6.07, 6.45) is 2.81. The molecule has 0 saturated carbocycles. The van der Waals surface area contributed by atoms with Crippen LogP contribution in [-0.4, -0.2) is 41.5 Å². The Kier molecular flexibility index (Phi) is 6.20. The van der Waals surface area contributed by atoms with Crippen LogP contribution in [0, 0.1) is 12.8 Å². The van der Waals surface area contributed by atoms with Crippen molar-refractivity contribution < 1.29 is 13.2 Å². The van der Waals surface area contributed by atoms with Gasteiger partial charge in [-0.2, -0.15) is 9.40 Å². The SMILES string of the molecule is Cc1ccc(Cn2ccc(NC(=O)C3CCN(S(=O)(=O)c4ccccc4)CC3)n2)cc1. The normalized spacial score (nSPS) is 15.6. The topological polar surface area (TPSA) is 84.3 Å². The third-order valence-corrected chi connectivity index (χ3v) is 7.48. The lowest BCUT2D eigenvalue weighted by molar-refractivity contribution is -0.120. The number of aryl methyl sites for hydroxylation is 1. The number of carbonyl (C=O) groups excluding carboxylic acids is 1. The van der Waals surface area contributed by atoms with Crippen LogP contribution in [0.3, 0.4) is 0 Å². The zero-order chi connectivity index (χ0) is 21.8. The number of nitrogens with one attached hydrogen (secondary N) is 1.